The van der Waals surface area contributed by atoms with Crippen molar-refractivity contribution in [2.75, 3.05) is 36.9 Å². The Morgan fingerprint density at radius 3 is 2.58 bits per heavy atom. The van der Waals surface area contributed by atoms with E-state index >= 15 is 0 Å². The van der Waals surface area contributed by atoms with Gasteiger partial charge in [-0.15, -0.1) is 11.3 Å². The average Bonchev–Trinajstić information content (AvgIpc) is 3.43. The van der Waals surface area contributed by atoms with Crippen molar-refractivity contribution >= 4 is 39.0 Å². The van der Waals surface area contributed by atoms with Crippen LogP contribution in [0.15, 0.2) is 24.3 Å². The van der Waals surface area contributed by atoms with Gasteiger partial charge in [-0.25, -0.2) is 4.98 Å². The molecule has 3 heterocycles. The molecule has 0 radical (unpaired) electrons. The van der Waals surface area contributed by atoms with Crippen molar-refractivity contribution in [3.8, 4) is 0 Å². The second-order valence-electron chi connectivity index (χ2n) is 9.72. The Morgan fingerprint density at radius 1 is 1.00 bits per heavy atom. The summed E-state index contributed by atoms with van der Waals surface area (Å²) in [4.78, 5) is 15.2. The van der Waals surface area contributed by atoms with E-state index in [0.29, 0.717) is 18.0 Å². The van der Waals surface area contributed by atoms with Crippen LogP contribution in [0.4, 0.5) is 17.5 Å². The fraction of sp³-hybridized carbons (Fsp3) is 0.538. The normalized spacial score (nSPS) is 23.5. The zero-order valence-corrected chi connectivity index (χ0v) is 20.2. The smallest absolute Gasteiger partial charge is 0.230 e. The Kier molecular flexibility index (Phi) is 5.94. The lowest BCUT2D eigenvalue weighted by atomic mass is 9.90. The van der Waals surface area contributed by atoms with Crippen molar-refractivity contribution in [1.82, 2.24) is 14.9 Å². The van der Waals surface area contributed by atoms with Gasteiger partial charge in [-0.1, -0.05) is 17.7 Å². The summed E-state index contributed by atoms with van der Waals surface area (Å²) in [5, 5.41) is 8.59. The molecule has 3 aliphatic rings. The van der Waals surface area contributed by atoms with E-state index in [1.807, 2.05) is 11.3 Å². The summed E-state index contributed by atoms with van der Waals surface area (Å²) in [7, 11) is 0. The summed E-state index contributed by atoms with van der Waals surface area (Å²) in [6.45, 7) is 6.05. The van der Waals surface area contributed by atoms with Gasteiger partial charge in [0.05, 0.1) is 18.6 Å². The van der Waals surface area contributed by atoms with E-state index in [1.165, 1.54) is 59.9 Å². The first-order chi connectivity index (χ1) is 16.2. The van der Waals surface area contributed by atoms with E-state index in [2.05, 4.69) is 46.7 Å². The van der Waals surface area contributed by atoms with Gasteiger partial charge in [-0.2, -0.15) is 4.98 Å². The Labute approximate surface area is 199 Å². The molecule has 1 saturated carbocycles. The van der Waals surface area contributed by atoms with Gasteiger partial charge in [0.25, 0.3) is 0 Å². The van der Waals surface area contributed by atoms with Crippen LogP contribution in [0.25, 0.3) is 10.2 Å². The lowest BCUT2D eigenvalue weighted by Crippen LogP contribution is -2.46. The molecule has 0 amide bonds. The SMILES string of the molecule is Cc1ccc(Nc2nc(N[C@H]3CC[C@H](N4CCOCC4)CC3)c3c4c(sc3n2)CCC4)cc1. The first kappa shape index (κ1) is 21.3. The molecule has 1 saturated heterocycles. The average molecular weight is 464 g/mol. The molecule has 7 heteroatoms. The Balaban J connectivity index is 1.23. The van der Waals surface area contributed by atoms with Crippen LogP contribution in [-0.2, 0) is 17.6 Å². The summed E-state index contributed by atoms with van der Waals surface area (Å²) in [5.74, 6) is 1.72. The molecule has 2 N–H and O–H groups in total. The standard InChI is InChI=1S/C26H33N5OS/c1-17-5-7-19(8-6-17)28-26-29-24(23-21-3-2-4-22(21)33-25(23)30-26)27-18-9-11-20(12-10-18)31-13-15-32-16-14-31/h5-8,18,20H,2-4,9-16H2,1H3,(H2,27,28,29,30)/t18-,20-. The number of morpholine rings is 1. The van der Waals surface area contributed by atoms with Crippen LogP contribution in [-0.4, -0.2) is 53.3 Å². The minimum absolute atomic E-state index is 0.476. The van der Waals surface area contributed by atoms with Crippen LogP contribution in [0.5, 0.6) is 0 Å². The first-order valence-corrected chi connectivity index (χ1v) is 13.3. The number of hydrogen-bond donors (Lipinski definition) is 2. The molecule has 2 aliphatic carbocycles. The summed E-state index contributed by atoms with van der Waals surface area (Å²) in [6.07, 6.45) is 8.49. The highest BCUT2D eigenvalue weighted by atomic mass is 32.1. The van der Waals surface area contributed by atoms with Crippen molar-refractivity contribution in [3.63, 3.8) is 0 Å². The largest absolute Gasteiger partial charge is 0.379 e. The van der Waals surface area contributed by atoms with Crippen LogP contribution in [0.3, 0.4) is 0 Å². The molecule has 2 fully saturated rings. The van der Waals surface area contributed by atoms with E-state index in [9.17, 15) is 0 Å². The number of aryl methyl sites for hydroxylation is 3. The molecule has 0 atom stereocenters. The predicted molar refractivity (Wildman–Crippen MR) is 136 cm³/mol. The van der Waals surface area contributed by atoms with Gasteiger partial charge in [0.1, 0.15) is 10.6 Å². The zero-order chi connectivity index (χ0) is 22.2. The molecular formula is C26H33N5OS. The van der Waals surface area contributed by atoms with Crippen molar-refractivity contribution in [2.45, 2.75) is 64.0 Å². The first-order valence-electron chi connectivity index (χ1n) is 12.5. The lowest BCUT2D eigenvalue weighted by Gasteiger charge is -2.39. The third-order valence-corrected chi connectivity index (χ3v) is 8.66. The molecule has 6 nitrogen and oxygen atoms in total. The monoisotopic (exact) mass is 463 g/mol. The third-order valence-electron chi connectivity index (χ3n) is 7.47. The van der Waals surface area contributed by atoms with Crippen molar-refractivity contribution in [2.24, 2.45) is 0 Å². The highest BCUT2D eigenvalue weighted by Crippen LogP contribution is 2.41. The van der Waals surface area contributed by atoms with E-state index in [4.69, 9.17) is 14.7 Å². The maximum Gasteiger partial charge on any atom is 0.230 e. The number of rotatable bonds is 5. The number of aromatic nitrogens is 2. The van der Waals surface area contributed by atoms with Gasteiger partial charge < -0.3 is 15.4 Å². The Bertz CT molecular complexity index is 1110. The molecule has 0 bridgehead atoms. The molecule has 174 valence electrons. The number of benzene rings is 1. The molecule has 6 rings (SSSR count). The third kappa shape index (κ3) is 4.46. The van der Waals surface area contributed by atoms with E-state index < -0.39 is 0 Å². The van der Waals surface area contributed by atoms with Crippen molar-refractivity contribution < 1.29 is 4.74 Å². The number of thiophene rings is 1. The fourth-order valence-electron chi connectivity index (χ4n) is 5.64. The van der Waals surface area contributed by atoms with Gasteiger partial charge >= 0.3 is 0 Å². The predicted octanol–water partition coefficient (Wildman–Crippen LogP) is 5.29. The van der Waals surface area contributed by atoms with Crippen LogP contribution in [0, 0.1) is 6.92 Å². The second-order valence-corrected chi connectivity index (χ2v) is 10.8. The Hall–Kier alpha value is -2.22. The summed E-state index contributed by atoms with van der Waals surface area (Å²) in [5.41, 5.74) is 3.77. The maximum absolute atomic E-state index is 5.55. The van der Waals surface area contributed by atoms with E-state index in [0.717, 1.165) is 49.1 Å². The Morgan fingerprint density at radius 2 is 1.79 bits per heavy atom. The molecular weight excluding hydrogens is 430 g/mol. The quantitative estimate of drug-likeness (QED) is 0.536. The van der Waals surface area contributed by atoms with Gasteiger partial charge in [-0.3, -0.25) is 4.90 Å². The summed E-state index contributed by atoms with van der Waals surface area (Å²) < 4.78 is 5.55. The molecule has 1 aromatic carbocycles. The number of nitrogens with one attached hydrogen (secondary N) is 2. The second kappa shape index (κ2) is 9.20. The number of anilines is 3. The van der Waals surface area contributed by atoms with Gasteiger partial charge in [-0.05, 0) is 69.6 Å². The number of nitrogens with zero attached hydrogens (tertiary/aromatic N) is 3. The van der Waals surface area contributed by atoms with E-state index in [1.54, 1.807) is 0 Å². The minimum atomic E-state index is 0.476. The lowest BCUT2D eigenvalue weighted by molar-refractivity contribution is 0.00791. The summed E-state index contributed by atoms with van der Waals surface area (Å²) >= 11 is 1.86. The van der Waals surface area contributed by atoms with Crippen molar-refractivity contribution in [3.05, 3.63) is 40.3 Å². The van der Waals surface area contributed by atoms with Crippen LogP contribution >= 0.6 is 11.3 Å². The molecule has 33 heavy (non-hydrogen) atoms. The summed E-state index contributed by atoms with van der Waals surface area (Å²) in [6, 6.07) is 9.61. The van der Waals surface area contributed by atoms with Gasteiger partial charge in [0.2, 0.25) is 5.95 Å². The topological polar surface area (TPSA) is 62.3 Å². The van der Waals surface area contributed by atoms with Gasteiger partial charge in [0, 0.05) is 35.7 Å². The minimum Gasteiger partial charge on any atom is -0.379 e. The molecule has 1 aliphatic heterocycles. The highest BCUT2D eigenvalue weighted by Gasteiger charge is 2.29. The maximum atomic E-state index is 5.55. The van der Waals surface area contributed by atoms with Gasteiger partial charge in [0.15, 0.2) is 0 Å². The molecule has 3 aromatic rings. The number of ether oxygens (including phenoxy) is 1. The van der Waals surface area contributed by atoms with Crippen LogP contribution in [0.1, 0.15) is 48.1 Å². The van der Waals surface area contributed by atoms with Crippen LogP contribution < -0.4 is 10.6 Å². The van der Waals surface area contributed by atoms with Crippen LogP contribution in [0.2, 0.25) is 0 Å². The highest BCUT2D eigenvalue weighted by molar-refractivity contribution is 7.19. The molecule has 2 aromatic heterocycles. The number of hydrogen-bond acceptors (Lipinski definition) is 7. The number of fused-ring (bicyclic) bond motifs is 3. The molecule has 0 unspecified atom stereocenters. The van der Waals surface area contributed by atoms with Crippen molar-refractivity contribution in [1.29, 1.82) is 0 Å². The molecule has 0 spiro atoms. The zero-order valence-electron chi connectivity index (χ0n) is 19.4. The fourth-order valence-corrected chi connectivity index (χ4v) is 6.90. The van der Waals surface area contributed by atoms with E-state index in [-0.39, 0.29) is 0 Å².